The maximum atomic E-state index is 13.0. The second kappa shape index (κ2) is 9.95. The molecule has 0 spiro atoms. The lowest BCUT2D eigenvalue weighted by Gasteiger charge is -2.44. The Balaban J connectivity index is 1.70. The standard InChI is InChI=1S/C20H29N3O5/c1-2-8-22-19(25)10-15-6-7-17-18(28-15)13-27-12-14(24)11-23(17)20(26)16-5-3-4-9-21-16/h3-5,9,14-15,17-18,24H,2,6-8,10-13H2,1H3,(H,22,25)/t14-,15-,17-,18+/m1/s1. The van der Waals surface area contributed by atoms with Gasteiger partial charge in [-0.05, 0) is 31.4 Å². The topological polar surface area (TPSA) is 101 Å². The average molecular weight is 391 g/mol. The number of ether oxygens (including phenoxy) is 2. The highest BCUT2D eigenvalue weighted by Crippen LogP contribution is 2.28. The molecule has 3 rings (SSSR count). The van der Waals surface area contributed by atoms with Crippen LogP contribution in [-0.2, 0) is 14.3 Å². The second-order valence-electron chi connectivity index (χ2n) is 7.36. The first-order chi connectivity index (χ1) is 13.6. The van der Waals surface area contributed by atoms with Crippen LogP contribution in [0.5, 0.6) is 0 Å². The predicted molar refractivity (Wildman–Crippen MR) is 102 cm³/mol. The molecule has 4 atom stereocenters. The molecule has 0 saturated carbocycles. The van der Waals surface area contributed by atoms with Gasteiger partial charge in [0.2, 0.25) is 5.91 Å². The van der Waals surface area contributed by atoms with Gasteiger partial charge in [0.25, 0.3) is 5.91 Å². The number of aliphatic hydroxyl groups is 1. The first kappa shape index (κ1) is 20.7. The first-order valence-corrected chi connectivity index (χ1v) is 9.98. The van der Waals surface area contributed by atoms with Crippen molar-refractivity contribution in [3.05, 3.63) is 30.1 Å². The summed E-state index contributed by atoms with van der Waals surface area (Å²) in [6.45, 7) is 3.25. The zero-order chi connectivity index (χ0) is 19.9. The molecule has 8 heteroatoms. The Morgan fingerprint density at radius 2 is 2.18 bits per heavy atom. The van der Waals surface area contributed by atoms with E-state index in [1.807, 2.05) is 6.92 Å². The second-order valence-corrected chi connectivity index (χ2v) is 7.36. The number of carbonyl (C=O) groups excluding carboxylic acids is 2. The molecule has 2 N–H and O–H groups in total. The van der Waals surface area contributed by atoms with E-state index < -0.39 is 6.10 Å². The molecule has 0 aliphatic carbocycles. The number of carbonyl (C=O) groups is 2. The summed E-state index contributed by atoms with van der Waals surface area (Å²) < 4.78 is 11.7. The fourth-order valence-corrected chi connectivity index (χ4v) is 3.75. The molecule has 2 aliphatic heterocycles. The fraction of sp³-hybridized carbons (Fsp3) is 0.650. The number of nitrogens with one attached hydrogen (secondary N) is 1. The van der Waals surface area contributed by atoms with Crippen molar-refractivity contribution in [3.8, 4) is 0 Å². The number of nitrogens with zero attached hydrogens (tertiary/aromatic N) is 2. The average Bonchev–Trinajstić information content (AvgIpc) is 2.70. The van der Waals surface area contributed by atoms with E-state index >= 15 is 0 Å². The van der Waals surface area contributed by atoms with Crippen LogP contribution in [0.2, 0.25) is 0 Å². The highest BCUT2D eigenvalue weighted by molar-refractivity contribution is 5.92. The van der Waals surface area contributed by atoms with Crippen LogP contribution in [0.15, 0.2) is 24.4 Å². The highest BCUT2D eigenvalue weighted by atomic mass is 16.5. The van der Waals surface area contributed by atoms with E-state index in [0.717, 1.165) is 6.42 Å². The van der Waals surface area contributed by atoms with Crippen LogP contribution < -0.4 is 5.32 Å². The molecule has 154 valence electrons. The van der Waals surface area contributed by atoms with Crippen molar-refractivity contribution in [2.75, 3.05) is 26.3 Å². The van der Waals surface area contributed by atoms with Gasteiger partial charge in [0.05, 0.1) is 37.9 Å². The van der Waals surface area contributed by atoms with Gasteiger partial charge in [-0.25, -0.2) is 0 Å². The first-order valence-electron chi connectivity index (χ1n) is 9.98. The Morgan fingerprint density at radius 3 is 2.93 bits per heavy atom. The number of rotatable bonds is 5. The lowest BCUT2D eigenvalue weighted by molar-refractivity contribution is -0.150. The Bertz CT molecular complexity index is 657. The van der Waals surface area contributed by atoms with Gasteiger partial charge < -0.3 is 24.8 Å². The lowest BCUT2D eigenvalue weighted by Crippen LogP contribution is -2.57. The van der Waals surface area contributed by atoms with Crippen molar-refractivity contribution in [2.45, 2.75) is 57.0 Å². The van der Waals surface area contributed by atoms with E-state index in [1.165, 1.54) is 0 Å². The molecule has 3 heterocycles. The minimum atomic E-state index is -0.758. The van der Waals surface area contributed by atoms with Crippen LogP contribution in [0, 0.1) is 0 Å². The Morgan fingerprint density at radius 1 is 1.32 bits per heavy atom. The van der Waals surface area contributed by atoms with Crippen molar-refractivity contribution in [3.63, 3.8) is 0 Å². The smallest absolute Gasteiger partial charge is 0.272 e. The molecule has 2 aliphatic rings. The number of β-amino-alcohol motifs (C(OH)–C–C–N with tert-alkyl or cyclic N) is 1. The van der Waals surface area contributed by atoms with E-state index in [4.69, 9.17) is 9.47 Å². The van der Waals surface area contributed by atoms with Crippen LogP contribution in [0.25, 0.3) is 0 Å². The van der Waals surface area contributed by atoms with Crippen molar-refractivity contribution in [2.24, 2.45) is 0 Å². The van der Waals surface area contributed by atoms with Gasteiger partial charge in [0, 0.05) is 19.3 Å². The molecule has 1 aromatic rings. The Labute approximate surface area is 165 Å². The molecule has 0 radical (unpaired) electrons. The van der Waals surface area contributed by atoms with Crippen molar-refractivity contribution in [1.82, 2.24) is 15.2 Å². The summed E-state index contributed by atoms with van der Waals surface area (Å²) >= 11 is 0. The summed E-state index contributed by atoms with van der Waals surface area (Å²) in [4.78, 5) is 30.9. The van der Waals surface area contributed by atoms with Gasteiger partial charge in [0.1, 0.15) is 11.8 Å². The summed E-state index contributed by atoms with van der Waals surface area (Å²) in [5, 5.41) is 13.1. The molecular formula is C20H29N3O5. The zero-order valence-corrected chi connectivity index (χ0v) is 16.3. The highest BCUT2D eigenvalue weighted by Gasteiger charge is 2.40. The number of amides is 2. The van der Waals surface area contributed by atoms with Gasteiger partial charge in [-0.15, -0.1) is 0 Å². The quantitative estimate of drug-likeness (QED) is 0.768. The van der Waals surface area contributed by atoms with Crippen LogP contribution in [0.3, 0.4) is 0 Å². The summed E-state index contributed by atoms with van der Waals surface area (Å²) in [5.41, 5.74) is 0.344. The number of hydrogen-bond donors (Lipinski definition) is 2. The third kappa shape index (κ3) is 5.27. The maximum absolute atomic E-state index is 13.0. The van der Waals surface area contributed by atoms with E-state index in [1.54, 1.807) is 29.3 Å². The van der Waals surface area contributed by atoms with E-state index in [-0.39, 0.29) is 49.8 Å². The molecule has 2 amide bonds. The minimum Gasteiger partial charge on any atom is -0.389 e. The van der Waals surface area contributed by atoms with Crippen LogP contribution >= 0.6 is 0 Å². The Hall–Kier alpha value is -2.03. The zero-order valence-electron chi connectivity index (χ0n) is 16.3. The van der Waals surface area contributed by atoms with Crippen molar-refractivity contribution < 1.29 is 24.2 Å². The van der Waals surface area contributed by atoms with Crippen LogP contribution in [0.4, 0.5) is 0 Å². The van der Waals surface area contributed by atoms with Gasteiger partial charge in [-0.3, -0.25) is 14.6 Å². The fourth-order valence-electron chi connectivity index (χ4n) is 3.75. The largest absolute Gasteiger partial charge is 0.389 e. The molecule has 8 nitrogen and oxygen atoms in total. The number of fused-ring (bicyclic) bond motifs is 1. The number of pyridine rings is 1. The molecule has 0 aromatic carbocycles. The third-order valence-electron chi connectivity index (χ3n) is 5.11. The monoisotopic (exact) mass is 391 g/mol. The van der Waals surface area contributed by atoms with Crippen LogP contribution in [0.1, 0.15) is 43.1 Å². The van der Waals surface area contributed by atoms with E-state index in [9.17, 15) is 14.7 Å². The van der Waals surface area contributed by atoms with E-state index in [2.05, 4.69) is 10.3 Å². The predicted octanol–water partition coefficient (Wildman–Crippen LogP) is 0.747. The SMILES string of the molecule is CCCNC(=O)C[C@H]1CC[C@@H]2[C@H](COC[C@H](O)CN2C(=O)c2ccccn2)O1. The van der Waals surface area contributed by atoms with Gasteiger partial charge in [-0.1, -0.05) is 13.0 Å². The van der Waals surface area contributed by atoms with Gasteiger partial charge in [0.15, 0.2) is 0 Å². The minimum absolute atomic E-state index is 0.0195. The van der Waals surface area contributed by atoms with Crippen LogP contribution in [-0.4, -0.2) is 77.5 Å². The van der Waals surface area contributed by atoms with Crippen molar-refractivity contribution in [1.29, 1.82) is 0 Å². The molecule has 0 unspecified atom stereocenters. The Kier molecular flexibility index (Phi) is 7.36. The molecule has 28 heavy (non-hydrogen) atoms. The molecular weight excluding hydrogens is 362 g/mol. The lowest BCUT2D eigenvalue weighted by atomic mass is 9.94. The molecule has 0 bridgehead atoms. The number of aliphatic hydroxyl groups excluding tert-OH is 1. The van der Waals surface area contributed by atoms with Crippen molar-refractivity contribution >= 4 is 11.8 Å². The summed E-state index contributed by atoms with van der Waals surface area (Å²) in [6, 6.07) is 4.97. The summed E-state index contributed by atoms with van der Waals surface area (Å²) in [7, 11) is 0. The summed E-state index contributed by atoms with van der Waals surface area (Å²) in [6.07, 6.45) is 2.84. The summed E-state index contributed by atoms with van der Waals surface area (Å²) in [5.74, 6) is -0.242. The third-order valence-corrected chi connectivity index (χ3v) is 5.11. The van der Waals surface area contributed by atoms with Gasteiger partial charge >= 0.3 is 0 Å². The normalized spacial score (nSPS) is 28.0. The molecule has 1 aromatic heterocycles. The number of aromatic nitrogens is 1. The van der Waals surface area contributed by atoms with Gasteiger partial charge in [-0.2, -0.15) is 0 Å². The molecule has 2 saturated heterocycles. The number of hydrogen-bond acceptors (Lipinski definition) is 6. The maximum Gasteiger partial charge on any atom is 0.272 e. The molecule has 2 fully saturated rings. The van der Waals surface area contributed by atoms with E-state index in [0.29, 0.717) is 31.5 Å².